The third-order valence-corrected chi connectivity index (χ3v) is 3.96. The molecule has 106 valence electrons. The van der Waals surface area contributed by atoms with Crippen LogP contribution in [0.1, 0.15) is 20.8 Å². The molecule has 0 heterocycles. The van der Waals surface area contributed by atoms with Crippen LogP contribution < -0.4 is 4.52 Å². The summed E-state index contributed by atoms with van der Waals surface area (Å²) in [6, 6.07) is 8.67. The van der Waals surface area contributed by atoms with Crippen molar-refractivity contribution in [1.29, 1.82) is 0 Å². The van der Waals surface area contributed by atoms with Crippen molar-refractivity contribution >= 4 is 13.4 Å². The summed E-state index contributed by atoms with van der Waals surface area (Å²) < 4.78 is 28.3. The van der Waals surface area contributed by atoms with Gasteiger partial charge in [-0.25, -0.2) is 4.57 Å². The van der Waals surface area contributed by atoms with Crippen molar-refractivity contribution < 1.29 is 23.1 Å². The maximum absolute atomic E-state index is 12.5. The van der Waals surface area contributed by atoms with E-state index in [9.17, 15) is 9.36 Å². The molecule has 0 aliphatic carbocycles. The lowest BCUT2D eigenvalue weighted by Gasteiger charge is -2.21. The summed E-state index contributed by atoms with van der Waals surface area (Å²) in [7, 11) is -3.51. The van der Waals surface area contributed by atoms with Gasteiger partial charge in [-0.2, -0.15) is 0 Å². The largest absolute Gasteiger partial charge is 0.423 e. The van der Waals surface area contributed by atoms with Crippen LogP contribution >= 0.6 is 7.60 Å². The average molecular weight is 286 g/mol. The number of carbonyl (C=O) groups excluding carboxylic acids is 1. The quantitative estimate of drug-likeness (QED) is 0.686. The predicted molar refractivity (Wildman–Crippen MR) is 72.4 cm³/mol. The molecule has 2 atom stereocenters. The molecule has 1 rings (SSSR count). The molecule has 1 aromatic rings. The number of para-hydroxylation sites is 1. The zero-order chi connectivity index (χ0) is 14.3. The van der Waals surface area contributed by atoms with Crippen molar-refractivity contribution in [2.75, 3.05) is 13.0 Å². The Hall–Kier alpha value is -1.16. The highest BCUT2D eigenvalue weighted by Gasteiger charge is 2.30. The van der Waals surface area contributed by atoms with Crippen LogP contribution in [0.3, 0.4) is 0 Å². The predicted octanol–water partition coefficient (Wildman–Crippen LogP) is 3.25. The Balaban J connectivity index is 2.80. The van der Waals surface area contributed by atoms with E-state index in [0.717, 1.165) is 0 Å². The number of Topliss-reactive ketones (excluding diaryl/α,β-unsaturated/α-hetero) is 1. The van der Waals surface area contributed by atoms with Gasteiger partial charge in [0.15, 0.2) is 12.1 Å². The standard InChI is InChI=1S/C13H19O5P/c1-4-16-10-19(15,17-12(3)11(2)14)18-13-8-6-5-7-9-13/h5-9,12H,4,10H2,1-3H3. The van der Waals surface area contributed by atoms with Crippen LogP contribution in [-0.2, 0) is 18.6 Å². The third-order valence-electron chi connectivity index (χ3n) is 2.33. The molecule has 0 amide bonds. The molecule has 0 saturated carbocycles. The number of rotatable bonds is 8. The molecule has 0 saturated heterocycles. The lowest BCUT2D eigenvalue weighted by Crippen LogP contribution is -2.19. The van der Waals surface area contributed by atoms with Crippen LogP contribution in [0.15, 0.2) is 30.3 Å². The molecule has 0 aliphatic rings. The van der Waals surface area contributed by atoms with E-state index in [4.69, 9.17) is 13.8 Å². The molecule has 19 heavy (non-hydrogen) atoms. The van der Waals surface area contributed by atoms with Gasteiger partial charge >= 0.3 is 7.60 Å². The van der Waals surface area contributed by atoms with Gasteiger partial charge in [-0.3, -0.25) is 9.32 Å². The zero-order valence-corrected chi connectivity index (χ0v) is 12.3. The minimum Gasteiger partial charge on any atom is -0.423 e. The Kier molecular flexibility index (Phi) is 6.22. The highest BCUT2D eigenvalue weighted by Crippen LogP contribution is 2.49. The average Bonchev–Trinajstić information content (AvgIpc) is 2.37. The topological polar surface area (TPSA) is 61.8 Å². The molecule has 0 bridgehead atoms. The van der Waals surface area contributed by atoms with E-state index in [0.29, 0.717) is 12.4 Å². The van der Waals surface area contributed by atoms with E-state index < -0.39 is 13.7 Å². The van der Waals surface area contributed by atoms with Crippen LogP contribution in [0, 0.1) is 0 Å². The second-order valence-electron chi connectivity index (χ2n) is 4.00. The first kappa shape index (κ1) is 15.9. The van der Waals surface area contributed by atoms with E-state index >= 15 is 0 Å². The van der Waals surface area contributed by atoms with Crippen molar-refractivity contribution in [2.24, 2.45) is 0 Å². The van der Waals surface area contributed by atoms with Gasteiger partial charge in [0.1, 0.15) is 11.9 Å². The summed E-state index contributed by atoms with van der Waals surface area (Å²) in [6.45, 7) is 5.08. The summed E-state index contributed by atoms with van der Waals surface area (Å²) in [5.74, 6) is 0.203. The van der Waals surface area contributed by atoms with Gasteiger partial charge in [0.2, 0.25) is 0 Å². The lowest BCUT2D eigenvalue weighted by molar-refractivity contribution is -0.123. The second kappa shape index (κ2) is 7.43. The smallest absolute Gasteiger partial charge is 0.405 e. The SMILES string of the molecule is CCOCP(=O)(Oc1ccccc1)OC(C)C(C)=O. The van der Waals surface area contributed by atoms with Crippen LogP contribution in [0.5, 0.6) is 5.75 Å². The second-order valence-corrected chi connectivity index (χ2v) is 5.87. The van der Waals surface area contributed by atoms with E-state index in [1.807, 2.05) is 6.07 Å². The van der Waals surface area contributed by atoms with Gasteiger partial charge in [-0.15, -0.1) is 0 Å². The first-order chi connectivity index (χ1) is 8.97. The van der Waals surface area contributed by atoms with E-state index in [-0.39, 0.29) is 12.1 Å². The van der Waals surface area contributed by atoms with Crippen molar-refractivity contribution in [3.8, 4) is 5.75 Å². The van der Waals surface area contributed by atoms with Gasteiger partial charge in [0.05, 0.1) is 0 Å². The fourth-order valence-corrected chi connectivity index (χ4v) is 2.87. The van der Waals surface area contributed by atoms with E-state index in [2.05, 4.69) is 0 Å². The number of hydrogen-bond acceptors (Lipinski definition) is 5. The summed E-state index contributed by atoms with van der Waals surface area (Å²) in [4.78, 5) is 11.2. The molecular weight excluding hydrogens is 267 g/mol. The van der Waals surface area contributed by atoms with Crippen molar-refractivity contribution in [2.45, 2.75) is 26.9 Å². The Bertz CT molecular complexity index is 446. The van der Waals surface area contributed by atoms with Gasteiger partial charge in [-0.1, -0.05) is 18.2 Å². The number of benzene rings is 1. The molecule has 0 radical (unpaired) electrons. The number of ether oxygens (including phenoxy) is 1. The molecule has 6 heteroatoms. The van der Waals surface area contributed by atoms with Crippen molar-refractivity contribution in [3.63, 3.8) is 0 Å². The van der Waals surface area contributed by atoms with Gasteiger partial charge in [0, 0.05) is 6.61 Å². The fraction of sp³-hybridized carbons (Fsp3) is 0.462. The van der Waals surface area contributed by atoms with Crippen molar-refractivity contribution in [1.82, 2.24) is 0 Å². The maximum Gasteiger partial charge on any atom is 0.405 e. The molecule has 0 fully saturated rings. The Morgan fingerprint density at radius 2 is 1.95 bits per heavy atom. The normalized spacial score (nSPS) is 15.5. The Morgan fingerprint density at radius 3 is 2.47 bits per heavy atom. The molecular formula is C13H19O5P. The van der Waals surface area contributed by atoms with E-state index in [1.54, 1.807) is 31.2 Å². The third kappa shape index (κ3) is 5.55. The maximum atomic E-state index is 12.5. The molecule has 0 aromatic heterocycles. The number of carbonyl (C=O) groups is 1. The Morgan fingerprint density at radius 1 is 1.32 bits per heavy atom. The van der Waals surface area contributed by atoms with Crippen LogP contribution in [0.25, 0.3) is 0 Å². The van der Waals surface area contributed by atoms with Crippen molar-refractivity contribution in [3.05, 3.63) is 30.3 Å². The number of hydrogen-bond donors (Lipinski definition) is 0. The molecule has 0 aliphatic heterocycles. The van der Waals surface area contributed by atoms with E-state index in [1.165, 1.54) is 13.8 Å². The van der Waals surface area contributed by atoms with Gasteiger partial charge in [-0.05, 0) is 32.9 Å². The molecule has 2 unspecified atom stereocenters. The first-order valence-corrected chi connectivity index (χ1v) is 7.80. The van der Waals surface area contributed by atoms with Gasteiger partial charge < -0.3 is 9.26 Å². The first-order valence-electron chi connectivity index (χ1n) is 6.07. The Labute approximate surface area is 113 Å². The summed E-state index contributed by atoms with van der Waals surface area (Å²) in [5.41, 5.74) is 0. The molecule has 1 aromatic carbocycles. The van der Waals surface area contributed by atoms with Crippen LogP contribution in [0.4, 0.5) is 0 Å². The number of ketones is 1. The highest BCUT2D eigenvalue weighted by molar-refractivity contribution is 7.54. The zero-order valence-electron chi connectivity index (χ0n) is 11.4. The fourth-order valence-electron chi connectivity index (χ4n) is 1.24. The van der Waals surface area contributed by atoms with Crippen LogP contribution in [0.2, 0.25) is 0 Å². The molecule has 0 spiro atoms. The lowest BCUT2D eigenvalue weighted by atomic mass is 10.3. The van der Waals surface area contributed by atoms with Gasteiger partial charge in [0.25, 0.3) is 0 Å². The summed E-state index contributed by atoms with van der Waals surface area (Å²) in [5, 5.41) is 0. The minimum absolute atomic E-state index is 0.185. The monoisotopic (exact) mass is 286 g/mol. The highest BCUT2D eigenvalue weighted by atomic mass is 31.2. The minimum atomic E-state index is -3.51. The summed E-state index contributed by atoms with van der Waals surface area (Å²) >= 11 is 0. The molecule has 0 N–H and O–H groups in total. The molecule has 5 nitrogen and oxygen atoms in total. The summed E-state index contributed by atoms with van der Waals surface area (Å²) in [6.07, 6.45) is -0.981. The van der Waals surface area contributed by atoms with Crippen LogP contribution in [-0.4, -0.2) is 24.8 Å².